The molecule has 4 heteroatoms. The number of hydrogen-bond acceptors (Lipinski definition) is 4. The zero-order valence-electron chi connectivity index (χ0n) is 18.2. The zero-order valence-corrected chi connectivity index (χ0v) is 18.2. The van der Waals surface area contributed by atoms with Gasteiger partial charge < -0.3 is 9.47 Å². The summed E-state index contributed by atoms with van der Waals surface area (Å²) in [6.07, 6.45) is 11.2. The van der Waals surface area contributed by atoms with Crippen molar-refractivity contribution in [2.24, 2.45) is 28.6 Å². The molecule has 28 heavy (non-hydrogen) atoms. The fourth-order valence-corrected chi connectivity index (χ4v) is 7.57. The molecule has 3 fully saturated rings. The number of rotatable bonds is 2. The molecule has 4 aliphatic carbocycles. The van der Waals surface area contributed by atoms with Gasteiger partial charge in [-0.3, -0.25) is 9.59 Å². The highest BCUT2D eigenvalue weighted by Gasteiger charge is 2.60. The first-order valence-electron chi connectivity index (χ1n) is 11.1. The molecule has 0 spiro atoms. The van der Waals surface area contributed by atoms with Crippen molar-refractivity contribution in [2.75, 3.05) is 0 Å². The quantitative estimate of drug-likeness (QED) is 0.482. The van der Waals surface area contributed by atoms with Crippen molar-refractivity contribution in [3.05, 3.63) is 11.6 Å². The molecule has 4 aliphatic rings. The maximum atomic E-state index is 11.6. The Balaban J connectivity index is 1.58. The molecule has 0 radical (unpaired) electrons. The third-order valence-electron chi connectivity index (χ3n) is 8.97. The minimum Gasteiger partial charge on any atom is -0.462 e. The van der Waals surface area contributed by atoms with Crippen molar-refractivity contribution < 1.29 is 19.1 Å². The topological polar surface area (TPSA) is 52.6 Å². The van der Waals surface area contributed by atoms with Crippen LogP contribution >= 0.6 is 0 Å². The lowest BCUT2D eigenvalue weighted by molar-refractivity contribution is -0.161. The minimum absolute atomic E-state index is 0.0905. The van der Waals surface area contributed by atoms with Crippen LogP contribution in [0.4, 0.5) is 0 Å². The highest BCUT2D eigenvalue weighted by molar-refractivity contribution is 5.66. The van der Waals surface area contributed by atoms with Crippen LogP contribution in [0, 0.1) is 28.6 Å². The number of hydrogen-bond donors (Lipinski definition) is 0. The van der Waals surface area contributed by atoms with E-state index in [9.17, 15) is 9.59 Å². The van der Waals surface area contributed by atoms with Gasteiger partial charge in [-0.1, -0.05) is 25.5 Å². The van der Waals surface area contributed by atoms with Gasteiger partial charge >= 0.3 is 11.9 Å². The number of esters is 2. The van der Waals surface area contributed by atoms with Crippen LogP contribution in [0.2, 0.25) is 0 Å². The minimum atomic E-state index is -0.346. The molecule has 0 amide bonds. The molecule has 0 heterocycles. The number of allylic oxidation sites excluding steroid dienone is 1. The molecule has 7 atom stereocenters. The van der Waals surface area contributed by atoms with Gasteiger partial charge in [-0.25, -0.2) is 0 Å². The fraction of sp³-hybridized carbons (Fsp3) is 0.833. The molecule has 4 nitrogen and oxygen atoms in total. The van der Waals surface area contributed by atoms with Crippen LogP contribution in [0.5, 0.6) is 0 Å². The molecule has 0 aliphatic heterocycles. The van der Waals surface area contributed by atoms with Gasteiger partial charge in [0.25, 0.3) is 0 Å². The first-order chi connectivity index (χ1) is 13.1. The molecule has 0 bridgehead atoms. The summed E-state index contributed by atoms with van der Waals surface area (Å²) >= 11 is 0. The van der Waals surface area contributed by atoms with Crippen molar-refractivity contribution in [1.29, 1.82) is 0 Å². The summed E-state index contributed by atoms with van der Waals surface area (Å²) in [5.41, 5.74) is 1.53. The van der Waals surface area contributed by atoms with Crippen molar-refractivity contribution in [2.45, 2.75) is 97.7 Å². The summed E-state index contributed by atoms with van der Waals surface area (Å²) in [4.78, 5) is 23.2. The summed E-state index contributed by atoms with van der Waals surface area (Å²) < 4.78 is 11.5. The summed E-state index contributed by atoms with van der Waals surface area (Å²) in [6, 6.07) is 0. The highest BCUT2D eigenvalue weighted by Crippen LogP contribution is 2.66. The zero-order chi connectivity index (χ0) is 20.3. The lowest BCUT2D eigenvalue weighted by atomic mass is 9.47. The molecule has 3 saturated carbocycles. The van der Waals surface area contributed by atoms with Gasteiger partial charge in [0.15, 0.2) is 0 Å². The monoisotopic (exact) mass is 388 g/mol. The molecular weight excluding hydrogens is 352 g/mol. The second-order valence-corrected chi connectivity index (χ2v) is 10.7. The number of ether oxygens (including phenoxy) is 2. The summed E-state index contributed by atoms with van der Waals surface area (Å²) in [7, 11) is 0. The maximum Gasteiger partial charge on any atom is 0.303 e. The smallest absolute Gasteiger partial charge is 0.303 e. The lowest BCUT2D eigenvalue weighted by Gasteiger charge is -2.58. The average molecular weight is 389 g/mol. The van der Waals surface area contributed by atoms with Crippen LogP contribution in [-0.2, 0) is 19.1 Å². The Morgan fingerprint density at radius 2 is 1.71 bits per heavy atom. The van der Waals surface area contributed by atoms with Crippen LogP contribution in [0.3, 0.4) is 0 Å². The highest BCUT2D eigenvalue weighted by atomic mass is 16.6. The van der Waals surface area contributed by atoms with Crippen LogP contribution in [0.15, 0.2) is 11.6 Å². The predicted molar refractivity (Wildman–Crippen MR) is 107 cm³/mol. The SMILES string of the molecule is CC(=O)O[C@@H]1CC[C@H]2[C@H]3CC=C4C[C@@](C)(OC(C)=O)CC[C@]4(C)[C@@H]3CC[C@]12C. The second kappa shape index (κ2) is 6.60. The maximum absolute atomic E-state index is 11.6. The van der Waals surface area contributed by atoms with Crippen molar-refractivity contribution in [3.8, 4) is 0 Å². The van der Waals surface area contributed by atoms with Gasteiger partial charge in [0.1, 0.15) is 11.7 Å². The van der Waals surface area contributed by atoms with E-state index < -0.39 is 0 Å². The predicted octanol–water partition coefficient (Wildman–Crippen LogP) is 5.20. The van der Waals surface area contributed by atoms with Gasteiger partial charge in [0.05, 0.1) is 0 Å². The van der Waals surface area contributed by atoms with Gasteiger partial charge in [0.2, 0.25) is 0 Å². The van der Waals surface area contributed by atoms with Crippen LogP contribution in [0.25, 0.3) is 0 Å². The van der Waals surface area contributed by atoms with E-state index in [0.717, 1.165) is 38.5 Å². The Hall–Kier alpha value is -1.32. The Labute approximate surface area is 169 Å². The Morgan fingerprint density at radius 1 is 0.964 bits per heavy atom. The first-order valence-corrected chi connectivity index (χ1v) is 11.1. The standard InChI is InChI=1S/C24H36O4/c1-15(25)27-21-9-8-19-18-7-6-17-14-22(3,28-16(2)26)12-13-23(17,4)20(18)10-11-24(19,21)5/h6,18-21H,7-14H2,1-5H3/t18-,19+,20-,21-,22+,23+,24+/m1/s1. The summed E-state index contributed by atoms with van der Waals surface area (Å²) in [6.45, 7) is 9.99. The molecule has 4 rings (SSSR count). The number of fused-ring (bicyclic) bond motifs is 5. The molecule has 0 aromatic carbocycles. The van der Waals surface area contributed by atoms with Crippen molar-refractivity contribution >= 4 is 11.9 Å². The second-order valence-electron chi connectivity index (χ2n) is 10.7. The van der Waals surface area contributed by atoms with E-state index in [-0.39, 0.29) is 34.5 Å². The van der Waals surface area contributed by atoms with Crippen LogP contribution in [-0.4, -0.2) is 23.6 Å². The van der Waals surface area contributed by atoms with Crippen molar-refractivity contribution in [1.82, 2.24) is 0 Å². The molecular formula is C24H36O4. The van der Waals surface area contributed by atoms with Crippen molar-refractivity contribution in [3.63, 3.8) is 0 Å². The number of carbonyl (C=O) groups is 2. The largest absolute Gasteiger partial charge is 0.462 e. The molecule has 0 saturated heterocycles. The average Bonchev–Trinajstić information content (AvgIpc) is 2.91. The summed E-state index contributed by atoms with van der Waals surface area (Å²) in [5, 5.41) is 0. The van der Waals surface area contributed by atoms with Gasteiger partial charge in [0, 0.05) is 25.7 Å². The van der Waals surface area contributed by atoms with Crippen LogP contribution in [0.1, 0.15) is 86.0 Å². The first kappa shape index (κ1) is 20.0. The van der Waals surface area contributed by atoms with E-state index in [1.165, 1.54) is 25.3 Å². The van der Waals surface area contributed by atoms with E-state index in [4.69, 9.17) is 9.47 Å². The lowest BCUT2D eigenvalue weighted by Crippen LogP contribution is -2.53. The third kappa shape index (κ3) is 3.02. The van der Waals surface area contributed by atoms with Gasteiger partial charge in [-0.2, -0.15) is 0 Å². The van der Waals surface area contributed by atoms with Gasteiger partial charge in [-0.15, -0.1) is 0 Å². The summed E-state index contributed by atoms with van der Waals surface area (Å²) in [5.74, 6) is 1.72. The third-order valence-corrected chi connectivity index (χ3v) is 8.97. The molecule has 0 aromatic rings. The Bertz CT molecular complexity index is 711. The molecule has 0 N–H and O–H groups in total. The van der Waals surface area contributed by atoms with Gasteiger partial charge in [-0.05, 0) is 75.0 Å². The molecule has 156 valence electrons. The Kier molecular flexibility index (Phi) is 4.71. The van der Waals surface area contributed by atoms with E-state index in [1.807, 2.05) is 0 Å². The van der Waals surface area contributed by atoms with E-state index in [1.54, 1.807) is 6.92 Å². The normalized spacial score (nSPS) is 47.2. The van der Waals surface area contributed by atoms with Crippen LogP contribution < -0.4 is 0 Å². The van der Waals surface area contributed by atoms with E-state index in [0.29, 0.717) is 17.8 Å². The molecule has 0 aromatic heterocycles. The Morgan fingerprint density at radius 3 is 2.39 bits per heavy atom. The van der Waals surface area contributed by atoms with E-state index in [2.05, 4.69) is 26.8 Å². The number of carbonyl (C=O) groups excluding carboxylic acids is 2. The molecule has 0 unspecified atom stereocenters. The van der Waals surface area contributed by atoms with E-state index >= 15 is 0 Å². The fourth-order valence-electron chi connectivity index (χ4n) is 7.57.